The van der Waals surface area contributed by atoms with Crippen molar-refractivity contribution in [1.29, 1.82) is 0 Å². The molecule has 1 atom stereocenters. The number of rotatable bonds is 4. The zero-order valence-corrected chi connectivity index (χ0v) is 11.7. The molecule has 0 aliphatic carbocycles. The SMILES string of the molecule is O=C(OC(CBr)c1ccccc1)c1ccccc1O. The van der Waals surface area contributed by atoms with Gasteiger partial charge in [0.15, 0.2) is 0 Å². The largest absolute Gasteiger partial charge is 0.507 e. The van der Waals surface area contributed by atoms with Gasteiger partial charge in [0.2, 0.25) is 0 Å². The van der Waals surface area contributed by atoms with Gasteiger partial charge in [-0.3, -0.25) is 0 Å². The molecule has 1 unspecified atom stereocenters. The molecule has 0 radical (unpaired) electrons. The van der Waals surface area contributed by atoms with Gasteiger partial charge in [0.05, 0.1) is 0 Å². The molecule has 3 nitrogen and oxygen atoms in total. The van der Waals surface area contributed by atoms with E-state index in [1.54, 1.807) is 12.1 Å². The maximum Gasteiger partial charge on any atom is 0.342 e. The average molecular weight is 321 g/mol. The molecule has 98 valence electrons. The molecule has 0 spiro atoms. The fourth-order valence-electron chi connectivity index (χ4n) is 1.70. The summed E-state index contributed by atoms with van der Waals surface area (Å²) in [6, 6.07) is 15.8. The van der Waals surface area contributed by atoms with Crippen molar-refractivity contribution in [3.8, 4) is 5.75 Å². The number of phenols is 1. The Labute approximate surface area is 120 Å². The molecule has 2 aromatic rings. The van der Waals surface area contributed by atoms with Gasteiger partial charge in [-0.05, 0) is 17.7 Å². The first-order chi connectivity index (χ1) is 9.22. The van der Waals surface area contributed by atoms with Gasteiger partial charge in [-0.1, -0.05) is 58.4 Å². The van der Waals surface area contributed by atoms with Crippen LogP contribution < -0.4 is 0 Å². The normalized spacial score (nSPS) is 11.8. The smallest absolute Gasteiger partial charge is 0.342 e. The van der Waals surface area contributed by atoms with Crippen molar-refractivity contribution in [2.75, 3.05) is 5.33 Å². The molecule has 0 saturated carbocycles. The maximum atomic E-state index is 12.0. The van der Waals surface area contributed by atoms with Crippen LogP contribution in [0.4, 0.5) is 0 Å². The lowest BCUT2D eigenvalue weighted by atomic mass is 10.1. The minimum atomic E-state index is -0.536. The van der Waals surface area contributed by atoms with Crippen molar-refractivity contribution in [2.45, 2.75) is 6.10 Å². The van der Waals surface area contributed by atoms with Crippen molar-refractivity contribution in [1.82, 2.24) is 0 Å². The molecule has 0 fully saturated rings. The summed E-state index contributed by atoms with van der Waals surface area (Å²) in [5.41, 5.74) is 1.08. The van der Waals surface area contributed by atoms with Crippen LogP contribution in [-0.2, 0) is 4.74 Å². The number of aromatic hydroxyl groups is 1. The first-order valence-electron chi connectivity index (χ1n) is 5.82. The lowest BCUT2D eigenvalue weighted by Gasteiger charge is -2.16. The minimum Gasteiger partial charge on any atom is -0.507 e. The summed E-state index contributed by atoms with van der Waals surface area (Å²) < 4.78 is 5.41. The van der Waals surface area contributed by atoms with E-state index < -0.39 is 5.97 Å². The highest BCUT2D eigenvalue weighted by Gasteiger charge is 2.18. The van der Waals surface area contributed by atoms with Crippen molar-refractivity contribution in [3.05, 3.63) is 65.7 Å². The third kappa shape index (κ3) is 3.35. The van der Waals surface area contributed by atoms with Crippen LogP contribution in [0.25, 0.3) is 0 Å². The summed E-state index contributed by atoms with van der Waals surface area (Å²) in [5, 5.41) is 10.1. The van der Waals surface area contributed by atoms with Crippen LogP contribution in [0, 0.1) is 0 Å². The highest BCUT2D eigenvalue weighted by atomic mass is 79.9. The molecule has 1 N–H and O–H groups in total. The highest BCUT2D eigenvalue weighted by Crippen LogP contribution is 2.24. The van der Waals surface area contributed by atoms with Crippen LogP contribution >= 0.6 is 15.9 Å². The van der Waals surface area contributed by atoms with E-state index in [1.807, 2.05) is 30.3 Å². The minimum absolute atomic E-state index is 0.0751. The van der Waals surface area contributed by atoms with E-state index in [0.717, 1.165) is 5.56 Å². The van der Waals surface area contributed by atoms with E-state index >= 15 is 0 Å². The predicted octanol–water partition coefficient (Wildman–Crippen LogP) is 3.69. The summed E-state index contributed by atoms with van der Waals surface area (Å²) in [6.45, 7) is 0. The molecule has 2 rings (SSSR count). The van der Waals surface area contributed by atoms with Crippen LogP contribution in [-0.4, -0.2) is 16.4 Å². The van der Waals surface area contributed by atoms with Crippen molar-refractivity contribution < 1.29 is 14.6 Å². The number of carbonyl (C=O) groups is 1. The van der Waals surface area contributed by atoms with Crippen molar-refractivity contribution >= 4 is 21.9 Å². The van der Waals surface area contributed by atoms with Gasteiger partial charge in [0, 0.05) is 5.33 Å². The average Bonchev–Trinajstić information content (AvgIpc) is 2.46. The van der Waals surface area contributed by atoms with Gasteiger partial charge in [-0.2, -0.15) is 0 Å². The van der Waals surface area contributed by atoms with Crippen LogP contribution in [0.15, 0.2) is 54.6 Å². The second kappa shape index (κ2) is 6.38. The quantitative estimate of drug-likeness (QED) is 0.690. The molecule has 0 bridgehead atoms. The molecule has 0 aromatic heterocycles. The Bertz CT molecular complexity index is 554. The second-order valence-electron chi connectivity index (χ2n) is 3.98. The second-order valence-corrected chi connectivity index (χ2v) is 4.62. The number of para-hydroxylation sites is 1. The van der Waals surface area contributed by atoms with E-state index in [0.29, 0.717) is 5.33 Å². The Morgan fingerprint density at radius 2 is 1.74 bits per heavy atom. The van der Waals surface area contributed by atoms with Crippen molar-refractivity contribution in [2.24, 2.45) is 0 Å². The number of carbonyl (C=O) groups excluding carboxylic acids is 1. The number of hydrogen-bond donors (Lipinski definition) is 1. The molecular formula is C15H13BrO3. The first-order valence-corrected chi connectivity index (χ1v) is 6.94. The summed E-state index contributed by atoms with van der Waals surface area (Å²) in [5.74, 6) is -0.611. The number of halogens is 1. The number of hydrogen-bond acceptors (Lipinski definition) is 3. The molecule has 0 aliphatic heterocycles. The van der Waals surface area contributed by atoms with Crippen LogP contribution in [0.5, 0.6) is 5.75 Å². The number of phenolic OH excluding ortho intramolecular Hbond substituents is 1. The van der Waals surface area contributed by atoms with E-state index in [1.165, 1.54) is 12.1 Å². The van der Waals surface area contributed by atoms with Gasteiger partial charge in [-0.15, -0.1) is 0 Å². The molecule has 2 aromatic carbocycles. The number of esters is 1. The van der Waals surface area contributed by atoms with Gasteiger partial charge >= 0.3 is 5.97 Å². The zero-order valence-electron chi connectivity index (χ0n) is 10.1. The van der Waals surface area contributed by atoms with E-state index in [4.69, 9.17) is 4.74 Å². The molecule has 0 amide bonds. The van der Waals surface area contributed by atoms with E-state index in [2.05, 4.69) is 15.9 Å². The molecule has 19 heavy (non-hydrogen) atoms. The molecule has 0 saturated heterocycles. The number of ether oxygens (including phenoxy) is 1. The lowest BCUT2D eigenvalue weighted by Crippen LogP contribution is -2.13. The number of alkyl halides is 1. The molecule has 4 heteroatoms. The fourth-order valence-corrected chi connectivity index (χ4v) is 2.20. The molecule has 0 heterocycles. The van der Waals surface area contributed by atoms with Crippen LogP contribution in [0.2, 0.25) is 0 Å². The maximum absolute atomic E-state index is 12.0. The third-order valence-electron chi connectivity index (χ3n) is 2.68. The monoisotopic (exact) mass is 320 g/mol. The zero-order chi connectivity index (χ0) is 13.7. The Balaban J connectivity index is 2.16. The first kappa shape index (κ1) is 13.6. The Morgan fingerprint density at radius 3 is 2.37 bits per heavy atom. The van der Waals surface area contributed by atoms with Crippen molar-refractivity contribution in [3.63, 3.8) is 0 Å². The van der Waals surface area contributed by atoms with Gasteiger partial charge < -0.3 is 9.84 Å². The van der Waals surface area contributed by atoms with Gasteiger partial charge in [-0.25, -0.2) is 4.79 Å². The Morgan fingerprint density at radius 1 is 1.11 bits per heavy atom. The standard InChI is InChI=1S/C15H13BrO3/c16-10-14(11-6-2-1-3-7-11)19-15(18)12-8-4-5-9-13(12)17/h1-9,14,17H,10H2. The Hall–Kier alpha value is -1.81. The predicted molar refractivity (Wildman–Crippen MR) is 76.5 cm³/mol. The summed E-state index contributed by atoms with van der Waals surface area (Å²) in [6.07, 6.45) is -0.381. The van der Waals surface area contributed by atoms with Crippen LogP contribution in [0.1, 0.15) is 22.0 Å². The fraction of sp³-hybridized carbons (Fsp3) is 0.133. The van der Waals surface area contributed by atoms with Gasteiger partial charge in [0.25, 0.3) is 0 Å². The molecular weight excluding hydrogens is 308 g/mol. The number of benzene rings is 2. The van der Waals surface area contributed by atoms with E-state index in [9.17, 15) is 9.90 Å². The topological polar surface area (TPSA) is 46.5 Å². The molecule has 0 aliphatic rings. The van der Waals surface area contributed by atoms with Gasteiger partial charge in [0.1, 0.15) is 17.4 Å². The van der Waals surface area contributed by atoms with E-state index in [-0.39, 0.29) is 17.4 Å². The highest BCUT2D eigenvalue weighted by molar-refractivity contribution is 9.09. The summed E-state index contributed by atoms with van der Waals surface area (Å²) in [7, 11) is 0. The Kier molecular flexibility index (Phi) is 4.58. The lowest BCUT2D eigenvalue weighted by molar-refractivity contribution is 0.0346. The summed E-state index contributed by atoms with van der Waals surface area (Å²) >= 11 is 3.33. The van der Waals surface area contributed by atoms with Crippen LogP contribution in [0.3, 0.4) is 0 Å². The summed E-state index contributed by atoms with van der Waals surface area (Å²) in [4.78, 5) is 12.0. The third-order valence-corrected chi connectivity index (χ3v) is 3.27.